The van der Waals surface area contributed by atoms with Crippen molar-refractivity contribution in [3.8, 4) is 17.2 Å². The number of halogens is 4. The second-order valence-electron chi connectivity index (χ2n) is 10.0. The molecule has 1 amide bonds. The van der Waals surface area contributed by atoms with Crippen LogP contribution in [0.1, 0.15) is 26.3 Å². The summed E-state index contributed by atoms with van der Waals surface area (Å²) in [6.45, 7) is 7.92. The number of amides is 1. The lowest BCUT2D eigenvalue weighted by Gasteiger charge is -2.19. The molecule has 2 N–H and O–H groups in total. The monoisotopic (exact) mass is 575 g/mol. The summed E-state index contributed by atoms with van der Waals surface area (Å²) in [5.41, 5.74) is 2.22. The Morgan fingerprint density at radius 1 is 1.05 bits per heavy atom. The molecule has 0 unspecified atom stereocenters. The lowest BCUT2D eigenvalue weighted by Crippen LogP contribution is -2.34. The number of carbonyl (C=O) groups excluding carboxylic acids is 1. The van der Waals surface area contributed by atoms with E-state index in [1.807, 2.05) is 16.8 Å². The average molecular weight is 576 g/mol. The van der Waals surface area contributed by atoms with Gasteiger partial charge in [0.1, 0.15) is 34.7 Å². The minimum atomic E-state index is -4.62. The number of ether oxygens (including phenoxy) is 3. The molecule has 0 saturated carbocycles. The van der Waals surface area contributed by atoms with E-state index in [1.54, 1.807) is 45.9 Å². The van der Waals surface area contributed by atoms with Gasteiger partial charge in [0.15, 0.2) is 5.82 Å². The number of hydrogen-bond donors (Lipinski definition) is 2. The number of benzene rings is 2. The van der Waals surface area contributed by atoms with Crippen molar-refractivity contribution in [3.05, 3.63) is 66.6 Å². The molecule has 0 aliphatic carbocycles. The lowest BCUT2D eigenvalue weighted by molar-refractivity contribution is -0.253. The zero-order valence-electron chi connectivity index (χ0n) is 22.8. The van der Waals surface area contributed by atoms with Crippen molar-refractivity contribution in [3.63, 3.8) is 0 Å². The van der Waals surface area contributed by atoms with Gasteiger partial charge in [-0.25, -0.2) is 14.8 Å². The van der Waals surface area contributed by atoms with Crippen molar-refractivity contribution in [2.24, 2.45) is 0 Å². The highest BCUT2D eigenvalue weighted by Gasteiger charge is 2.44. The molecule has 0 saturated heterocycles. The van der Waals surface area contributed by atoms with Crippen LogP contribution in [0.4, 0.5) is 33.9 Å². The fourth-order valence-electron chi connectivity index (χ4n) is 3.81. The molecule has 0 atom stereocenters. The number of fused-ring (bicyclic) bond motifs is 1. The largest absolute Gasteiger partial charge is 0.461 e. The summed E-state index contributed by atoms with van der Waals surface area (Å²) in [5.74, 6) is 0.625. The number of aromatic nitrogens is 3. The molecule has 13 heteroatoms. The highest BCUT2D eigenvalue weighted by atomic mass is 19.3. The highest BCUT2D eigenvalue weighted by Crippen LogP contribution is 2.33. The van der Waals surface area contributed by atoms with Crippen LogP contribution in [-0.4, -0.2) is 45.3 Å². The molecule has 0 radical (unpaired) electrons. The first-order valence-electron chi connectivity index (χ1n) is 12.6. The molecule has 4 rings (SSSR count). The molecule has 2 aromatic heterocycles. The van der Waals surface area contributed by atoms with E-state index in [-0.39, 0.29) is 5.75 Å². The second kappa shape index (κ2) is 11.9. The Kier molecular flexibility index (Phi) is 8.55. The summed E-state index contributed by atoms with van der Waals surface area (Å²) >= 11 is 0. The molecular formula is C28H29F4N5O4. The molecule has 0 aliphatic heterocycles. The Balaban J connectivity index is 1.45. The molecule has 0 fully saturated rings. The van der Waals surface area contributed by atoms with Gasteiger partial charge in [0, 0.05) is 31.0 Å². The van der Waals surface area contributed by atoms with Crippen LogP contribution in [0, 0.1) is 6.92 Å². The first kappa shape index (κ1) is 29.4. The van der Waals surface area contributed by atoms with Crippen molar-refractivity contribution in [1.29, 1.82) is 0 Å². The van der Waals surface area contributed by atoms with E-state index in [9.17, 15) is 22.4 Å². The van der Waals surface area contributed by atoms with Gasteiger partial charge in [0.25, 0.3) is 0 Å². The van der Waals surface area contributed by atoms with Crippen LogP contribution < -0.4 is 20.1 Å². The van der Waals surface area contributed by atoms with Crippen LogP contribution in [0.25, 0.3) is 11.0 Å². The summed E-state index contributed by atoms with van der Waals surface area (Å²) < 4.78 is 68.6. The Hall–Kier alpha value is -4.55. The van der Waals surface area contributed by atoms with Gasteiger partial charge in [-0.1, -0.05) is 6.07 Å². The molecule has 4 aromatic rings. The Morgan fingerprint density at radius 2 is 1.80 bits per heavy atom. The smallest absolute Gasteiger partial charge is 0.457 e. The number of anilines is 2. The van der Waals surface area contributed by atoms with E-state index in [0.29, 0.717) is 41.4 Å². The summed E-state index contributed by atoms with van der Waals surface area (Å²) in [6, 6.07) is 12.1. The molecule has 2 aromatic carbocycles. The minimum absolute atomic E-state index is 0.131. The number of rotatable bonds is 10. The van der Waals surface area contributed by atoms with Gasteiger partial charge in [0.05, 0.1) is 5.52 Å². The normalized spacial score (nSPS) is 11.9. The fraction of sp³-hybridized carbons (Fsp3) is 0.321. The Bertz CT molecular complexity index is 1520. The van der Waals surface area contributed by atoms with E-state index in [4.69, 9.17) is 9.47 Å². The quantitative estimate of drug-likeness (QED) is 0.196. The van der Waals surface area contributed by atoms with Crippen LogP contribution in [-0.2, 0) is 11.3 Å². The summed E-state index contributed by atoms with van der Waals surface area (Å²) in [6.07, 6.45) is -5.82. The number of nitrogens with one attached hydrogen (secondary N) is 2. The molecule has 9 nitrogen and oxygen atoms in total. The first-order valence-corrected chi connectivity index (χ1v) is 12.6. The maximum Gasteiger partial charge on any atom is 0.461 e. The highest BCUT2D eigenvalue weighted by molar-refractivity contribution is 5.88. The van der Waals surface area contributed by atoms with E-state index in [1.165, 1.54) is 18.5 Å². The summed E-state index contributed by atoms with van der Waals surface area (Å²) in [7, 11) is 0. The number of aryl methyl sites for hydroxylation is 1. The molecule has 218 valence electrons. The lowest BCUT2D eigenvalue weighted by atomic mass is 10.2. The number of alkyl carbamates (subject to hydrolysis) is 1. The minimum Gasteiger partial charge on any atom is -0.457 e. The fourth-order valence-corrected chi connectivity index (χ4v) is 3.81. The van der Waals surface area contributed by atoms with Crippen LogP contribution in [0.5, 0.6) is 17.2 Å². The third-order valence-electron chi connectivity index (χ3n) is 5.55. The van der Waals surface area contributed by atoms with Crippen LogP contribution in [0.2, 0.25) is 0 Å². The van der Waals surface area contributed by atoms with Crippen LogP contribution in [0.15, 0.2) is 61.1 Å². The molecule has 2 heterocycles. The maximum atomic E-state index is 13.3. The zero-order chi connectivity index (χ0) is 29.8. The Morgan fingerprint density at radius 3 is 2.51 bits per heavy atom. The van der Waals surface area contributed by atoms with Gasteiger partial charge in [-0.05, 0) is 69.7 Å². The Labute approximate surface area is 233 Å². The third-order valence-corrected chi connectivity index (χ3v) is 5.55. The van der Waals surface area contributed by atoms with Crippen molar-refractivity contribution in [1.82, 2.24) is 19.9 Å². The number of hydrogen-bond acceptors (Lipinski definition) is 7. The van der Waals surface area contributed by atoms with Gasteiger partial charge >= 0.3 is 18.6 Å². The zero-order valence-corrected chi connectivity index (χ0v) is 22.8. The molecular weight excluding hydrogens is 546 g/mol. The van der Waals surface area contributed by atoms with Crippen molar-refractivity contribution in [2.45, 2.75) is 52.4 Å². The molecule has 0 aliphatic rings. The second-order valence-corrected chi connectivity index (χ2v) is 10.0. The van der Waals surface area contributed by atoms with Gasteiger partial charge in [-0.3, -0.25) is 0 Å². The van der Waals surface area contributed by atoms with E-state index in [0.717, 1.165) is 17.6 Å². The molecule has 0 spiro atoms. The van der Waals surface area contributed by atoms with Crippen LogP contribution in [0.3, 0.4) is 0 Å². The maximum absolute atomic E-state index is 13.3. The van der Waals surface area contributed by atoms with E-state index < -0.39 is 30.0 Å². The van der Waals surface area contributed by atoms with Crippen molar-refractivity contribution < 1.29 is 36.6 Å². The third kappa shape index (κ3) is 7.77. The van der Waals surface area contributed by atoms with Gasteiger partial charge in [-0.15, -0.1) is 0 Å². The van der Waals surface area contributed by atoms with Crippen LogP contribution >= 0.6 is 0 Å². The predicted molar refractivity (Wildman–Crippen MR) is 144 cm³/mol. The van der Waals surface area contributed by atoms with E-state index in [2.05, 4.69) is 25.3 Å². The SMILES string of the molecule is Cc1cc(Nc2ncnc3ccn(CCNC(=O)OC(C)(C)C)c23)ccc1Oc1cccc(OC(F)(F)C(F)F)c1. The predicted octanol–water partition coefficient (Wildman–Crippen LogP) is 7.04. The standard InChI is InChI=1S/C28H29F4N5O4/c1-17-14-18(8-9-22(17)39-19-6-5-7-20(15-19)40-28(31,32)25(29)30)36-24-23-21(34-16-35-24)10-12-37(23)13-11-33-26(38)41-27(2,3)4/h5-10,12,14-16,25H,11,13H2,1-4H3,(H,33,38)(H,34,35,36). The number of alkyl halides is 4. The molecule has 0 bridgehead atoms. The van der Waals surface area contributed by atoms with Crippen molar-refractivity contribution >= 4 is 28.6 Å². The molecule has 41 heavy (non-hydrogen) atoms. The van der Waals surface area contributed by atoms with Gasteiger partial charge in [-0.2, -0.15) is 17.6 Å². The average Bonchev–Trinajstić information content (AvgIpc) is 3.28. The first-order chi connectivity index (χ1) is 19.3. The topological polar surface area (TPSA) is 99.5 Å². The summed E-state index contributed by atoms with van der Waals surface area (Å²) in [4.78, 5) is 20.7. The van der Waals surface area contributed by atoms with E-state index >= 15 is 0 Å². The van der Waals surface area contributed by atoms with Gasteiger partial charge in [0.2, 0.25) is 0 Å². The number of nitrogens with zero attached hydrogens (tertiary/aromatic N) is 3. The summed E-state index contributed by atoms with van der Waals surface area (Å²) in [5, 5.41) is 6.00. The van der Waals surface area contributed by atoms with Gasteiger partial charge < -0.3 is 29.4 Å². The van der Waals surface area contributed by atoms with Crippen molar-refractivity contribution in [2.75, 3.05) is 11.9 Å². The number of carbonyl (C=O) groups is 1.